The highest BCUT2D eigenvalue weighted by molar-refractivity contribution is 5.99. The molecule has 1 aliphatic carbocycles. The smallest absolute Gasteiger partial charge is 0.258 e. The Morgan fingerprint density at radius 3 is 2.60 bits per heavy atom. The van der Waals surface area contributed by atoms with Crippen molar-refractivity contribution >= 4 is 17.3 Å². The molecule has 1 aliphatic heterocycles. The number of hydrogen-bond acceptors (Lipinski definition) is 7. The lowest BCUT2D eigenvalue weighted by molar-refractivity contribution is 0.0748. The molecule has 0 saturated heterocycles. The first-order chi connectivity index (χ1) is 16.9. The van der Waals surface area contributed by atoms with Gasteiger partial charge in [-0.3, -0.25) is 10.6 Å². The van der Waals surface area contributed by atoms with E-state index in [4.69, 9.17) is 10.6 Å². The van der Waals surface area contributed by atoms with Crippen molar-refractivity contribution in [2.24, 2.45) is 5.84 Å². The summed E-state index contributed by atoms with van der Waals surface area (Å²) in [5.41, 5.74) is 6.92. The third kappa shape index (κ3) is 5.89. The van der Waals surface area contributed by atoms with Crippen LogP contribution in [0.5, 0.6) is 11.5 Å². The molecule has 8 nitrogen and oxygen atoms in total. The molecule has 0 spiro atoms. The second kappa shape index (κ2) is 11.0. The fourth-order valence-corrected chi connectivity index (χ4v) is 4.82. The molecule has 2 aromatic rings. The van der Waals surface area contributed by atoms with E-state index < -0.39 is 0 Å². The van der Waals surface area contributed by atoms with Gasteiger partial charge in [0.15, 0.2) is 0 Å². The summed E-state index contributed by atoms with van der Waals surface area (Å²) in [4.78, 5) is 17.3. The summed E-state index contributed by atoms with van der Waals surface area (Å²) in [7, 11) is 4.02. The Kier molecular flexibility index (Phi) is 7.83. The van der Waals surface area contributed by atoms with Crippen LogP contribution in [-0.4, -0.2) is 54.1 Å². The third-order valence-electron chi connectivity index (χ3n) is 6.82. The van der Waals surface area contributed by atoms with Gasteiger partial charge in [-0.05, 0) is 56.3 Å². The molecule has 0 unspecified atom stereocenters. The van der Waals surface area contributed by atoms with Crippen molar-refractivity contribution in [2.75, 3.05) is 32.7 Å². The highest BCUT2D eigenvalue weighted by atomic mass is 16.5. The summed E-state index contributed by atoms with van der Waals surface area (Å²) < 4.78 is 5.85. The predicted molar refractivity (Wildman–Crippen MR) is 139 cm³/mol. The van der Waals surface area contributed by atoms with Crippen LogP contribution < -0.4 is 21.3 Å². The minimum atomic E-state index is -0.232. The molecule has 0 radical (unpaired) electrons. The van der Waals surface area contributed by atoms with Crippen LogP contribution in [0.3, 0.4) is 0 Å². The number of nitrogens with two attached hydrogens (primary N) is 1. The van der Waals surface area contributed by atoms with Gasteiger partial charge in [0.25, 0.3) is 5.91 Å². The van der Waals surface area contributed by atoms with Crippen molar-refractivity contribution in [2.45, 2.75) is 51.2 Å². The molecule has 2 aromatic carbocycles. The number of benzene rings is 2. The van der Waals surface area contributed by atoms with Crippen LogP contribution in [0.25, 0.3) is 5.70 Å². The van der Waals surface area contributed by atoms with Gasteiger partial charge in [-0.15, -0.1) is 0 Å². The number of phenols is 1. The number of hydrazine groups is 1. The molecule has 5 N–H and O–H groups in total. The monoisotopic (exact) mass is 479 g/mol. The van der Waals surface area contributed by atoms with Crippen LogP contribution in [0.15, 0.2) is 36.9 Å². The van der Waals surface area contributed by atoms with E-state index in [-0.39, 0.29) is 17.2 Å². The first-order valence-corrected chi connectivity index (χ1v) is 12.3. The number of amides is 1. The van der Waals surface area contributed by atoms with E-state index in [2.05, 4.69) is 22.2 Å². The number of carbonyl (C=O) groups is 1. The van der Waals surface area contributed by atoms with Crippen molar-refractivity contribution in [3.8, 4) is 11.5 Å². The van der Waals surface area contributed by atoms with E-state index in [0.29, 0.717) is 42.7 Å². The number of carbonyl (C=O) groups excluding carboxylic acids is 1. The molecule has 1 saturated carbocycles. The molecule has 0 aromatic heterocycles. The lowest BCUT2D eigenvalue weighted by Gasteiger charge is -2.26. The highest BCUT2D eigenvalue weighted by Gasteiger charge is 2.28. The van der Waals surface area contributed by atoms with Crippen LogP contribution in [-0.2, 0) is 13.1 Å². The number of nitrogen functional groups attached to an aromatic ring is 1. The van der Waals surface area contributed by atoms with Crippen molar-refractivity contribution in [1.29, 1.82) is 0 Å². The van der Waals surface area contributed by atoms with Gasteiger partial charge in [-0.1, -0.05) is 31.9 Å². The number of ether oxygens (including phenoxy) is 1. The van der Waals surface area contributed by atoms with Crippen molar-refractivity contribution < 1.29 is 14.6 Å². The Hall–Kier alpha value is -3.23. The molecular formula is C27H37N5O3. The van der Waals surface area contributed by atoms with Gasteiger partial charge in [0, 0.05) is 43.0 Å². The molecule has 2 aliphatic rings. The van der Waals surface area contributed by atoms with Crippen LogP contribution >= 0.6 is 0 Å². The first-order valence-electron chi connectivity index (χ1n) is 12.3. The van der Waals surface area contributed by atoms with Gasteiger partial charge in [-0.25, -0.2) is 0 Å². The maximum atomic E-state index is 13.5. The van der Waals surface area contributed by atoms with E-state index in [0.717, 1.165) is 36.3 Å². The molecule has 0 bridgehead atoms. The zero-order valence-electron chi connectivity index (χ0n) is 20.8. The van der Waals surface area contributed by atoms with Crippen molar-refractivity contribution in [1.82, 2.24) is 15.1 Å². The van der Waals surface area contributed by atoms with Gasteiger partial charge in [0.05, 0.1) is 11.3 Å². The molecule has 1 heterocycles. The molecule has 1 fully saturated rings. The summed E-state index contributed by atoms with van der Waals surface area (Å²) in [5.74, 6) is 6.18. The maximum Gasteiger partial charge on any atom is 0.258 e. The molecule has 8 heteroatoms. The van der Waals surface area contributed by atoms with E-state index in [1.807, 2.05) is 32.3 Å². The summed E-state index contributed by atoms with van der Waals surface area (Å²) in [6.45, 7) is 6.59. The molecular weight excluding hydrogens is 442 g/mol. The minimum Gasteiger partial charge on any atom is -0.507 e. The molecule has 35 heavy (non-hydrogen) atoms. The fourth-order valence-electron chi connectivity index (χ4n) is 4.82. The second-order valence-electron chi connectivity index (χ2n) is 9.76. The van der Waals surface area contributed by atoms with Gasteiger partial charge in [-0.2, -0.15) is 0 Å². The van der Waals surface area contributed by atoms with Gasteiger partial charge in [0.2, 0.25) is 0 Å². The molecule has 0 atom stereocenters. The summed E-state index contributed by atoms with van der Waals surface area (Å²) >= 11 is 0. The number of hydrogen-bond donors (Lipinski definition) is 4. The van der Waals surface area contributed by atoms with Crippen molar-refractivity contribution in [3.05, 3.63) is 59.2 Å². The van der Waals surface area contributed by atoms with E-state index >= 15 is 0 Å². The average Bonchev–Trinajstić information content (AvgIpc) is 3.27. The normalized spacial score (nSPS) is 15.7. The second-order valence-corrected chi connectivity index (χ2v) is 9.76. The Morgan fingerprint density at radius 2 is 1.89 bits per heavy atom. The van der Waals surface area contributed by atoms with Gasteiger partial charge in [0.1, 0.15) is 18.1 Å². The summed E-state index contributed by atoms with van der Waals surface area (Å²) in [5, 5.41) is 14.2. The van der Waals surface area contributed by atoms with Crippen molar-refractivity contribution in [3.63, 3.8) is 0 Å². The maximum absolute atomic E-state index is 13.5. The fraction of sp³-hybridized carbons (Fsp3) is 0.444. The predicted octanol–water partition coefficient (Wildman–Crippen LogP) is 3.67. The number of nitrogens with one attached hydrogen (secondary N) is 2. The Balaban J connectivity index is 1.49. The zero-order chi connectivity index (χ0) is 24.9. The van der Waals surface area contributed by atoms with E-state index in [9.17, 15) is 9.90 Å². The summed E-state index contributed by atoms with van der Waals surface area (Å²) in [6, 6.07) is 9.50. The molecule has 4 rings (SSSR count). The van der Waals surface area contributed by atoms with E-state index in [1.165, 1.54) is 25.3 Å². The number of likely N-dealkylation sites (N-methyl/N-ethyl adjacent to an activating group) is 1. The number of rotatable bonds is 9. The first kappa shape index (κ1) is 24.9. The van der Waals surface area contributed by atoms with Gasteiger partial charge < -0.3 is 30.4 Å². The summed E-state index contributed by atoms with van der Waals surface area (Å²) in [6.07, 6.45) is 5.86. The number of anilines is 1. The average molecular weight is 480 g/mol. The molecule has 1 amide bonds. The van der Waals surface area contributed by atoms with Crippen LogP contribution in [0.4, 0.5) is 5.69 Å². The van der Waals surface area contributed by atoms with Crippen LogP contribution in [0.2, 0.25) is 0 Å². The lowest BCUT2D eigenvalue weighted by Crippen LogP contribution is -2.30. The SMILES string of the molecule is C=C(NC1CCCCC1)c1cc(C(=O)N2Cc3ccc(OCCN(C)C)cc3C2)c(O)cc1NN. The Morgan fingerprint density at radius 1 is 1.14 bits per heavy atom. The zero-order valence-corrected chi connectivity index (χ0v) is 20.8. The van der Waals surface area contributed by atoms with Crippen LogP contribution in [0.1, 0.15) is 59.2 Å². The standard InChI is InChI=1S/C27H37N5O3/c1-18(29-21-7-5-4-6-8-21)23-14-24(26(33)15-25(23)30-28)27(34)32-16-19-9-10-22(13-20(19)17-32)35-12-11-31(2)3/h9-10,13-15,21,29-30,33H,1,4-8,11-12,16-17,28H2,2-3H3. The quantitative estimate of drug-likeness (QED) is 0.321. The minimum absolute atomic E-state index is 0.110. The van der Waals surface area contributed by atoms with Crippen LogP contribution in [0, 0.1) is 0 Å². The lowest BCUT2D eigenvalue weighted by atomic mass is 9.94. The molecule has 188 valence electrons. The topological polar surface area (TPSA) is 103 Å². The third-order valence-corrected chi connectivity index (χ3v) is 6.82. The van der Waals surface area contributed by atoms with E-state index in [1.54, 1.807) is 11.0 Å². The Labute approximate surface area is 207 Å². The Bertz CT molecular complexity index is 1080. The largest absolute Gasteiger partial charge is 0.507 e. The number of nitrogens with zero attached hydrogens (tertiary/aromatic N) is 2. The number of aromatic hydroxyl groups is 1. The highest BCUT2D eigenvalue weighted by Crippen LogP contribution is 2.34. The van der Waals surface area contributed by atoms with Gasteiger partial charge >= 0.3 is 0 Å². The number of phenolic OH excluding ortho intramolecular Hbond substituents is 1. The number of fused-ring (bicyclic) bond motifs is 1.